The first-order chi connectivity index (χ1) is 7.90. The lowest BCUT2D eigenvalue weighted by Gasteiger charge is -2.07. The maximum Gasteiger partial charge on any atom is 0.251 e. The van der Waals surface area contributed by atoms with Gasteiger partial charge in [0.1, 0.15) is 4.99 Å². The highest BCUT2D eigenvalue weighted by Crippen LogP contribution is 2.44. The van der Waals surface area contributed by atoms with E-state index >= 15 is 0 Å². The number of carbonyl (C=O) groups excluding carboxylic acids is 1. The normalized spacial score (nSPS) is 20.7. The summed E-state index contributed by atoms with van der Waals surface area (Å²) in [6.07, 6.45) is 1.05. The van der Waals surface area contributed by atoms with Gasteiger partial charge in [0.25, 0.3) is 5.91 Å². The van der Waals surface area contributed by atoms with E-state index in [1.54, 1.807) is 24.3 Å². The van der Waals surface area contributed by atoms with Gasteiger partial charge in [0.15, 0.2) is 0 Å². The summed E-state index contributed by atoms with van der Waals surface area (Å²) in [7, 11) is 0. The second kappa shape index (κ2) is 4.11. The molecule has 3 N–H and O–H groups in total. The summed E-state index contributed by atoms with van der Waals surface area (Å²) in [6.45, 7) is 4.29. The van der Waals surface area contributed by atoms with Gasteiger partial charge in [0.05, 0.1) is 0 Å². The van der Waals surface area contributed by atoms with E-state index in [1.165, 1.54) is 0 Å². The molecule has 1 saturated carbocycles. The molecule has 3 nitrogen and oxygen atoms in total. The van der Waals surface area contributed by atoms with Gasteiger partial charge >= 0.3 is 0 Å². The fraction of sp³-hybridized carbons (Fsp3) is 0.385. The predicted octanol–water partition coefficient (Wildman–Crippen LogP) is 1.85. The number of hydrogen-bond donors (Lipinski definition) is 2. The summed E-state index contributed by atoms with van der Waals surface area (Å²) in [5.74, 6) is -0.0323. The summed E-state index contributed by atoms with van der Waals surface area (Å²) in [6, 6.07) is 7.34. The van der Waals surface area contributed by atoms with E-state index in [0.29, 0.717) is 16.6 Å². The predicted molar refractivity (Wildman–Crippen MR) is 72.0 cm³/mol. The van der Waals surface area contributed by atoms with Gasteiger partial charge in [-0.2, -0.15) is 0 Å². The minimum atomic E-state index is -0.0323. The summed E-state index contributed by atoms with van der Waals surface area (Å²) >= 11 is 4.86. The third kappa shape index (κ3) is 2.64. The van der Waals surface area contributed by atoms with E-state index in [4.69, 9.17) is 18.0 Å². The fourth-order valence-corrected chi connectivity index (χ4v) is 1.88. The molecule has 0 saturated heterocycles. The van der Waals surface area contributed by atoms with Crippen LogP contribution in [0, 0.1) is 5.41 Å². The molecule has 90 valence electrons. The first-order valence-electron chi connectivity index (χ1n) is 5.61. The van der Waals surface area contributed by atoms with Crippen molar-refractivity contribution >= 4 is 23.1 Å². The molecule has 1 amide bonds. The number of thiocarbonyl (C=S) groups is 1. The zero-order valence-corrected chi connectivity index (χ0v) is 10.8. The molecule has 4 heteroatoms. The van der Waals surface area contributed by atoms with Crippen LogP contribution in [0.4, 0.5) is 0 Å². The van der Waals surface area contributed by atoms with Gasteiger partial charge in [-0.1, -0.05) is 38.2 Å². The molecule has 0 bridgehead atoms. The molecule has 1 aromatic carbocycles. The van der Waals surface area contributed by atoms with Crippen LogP contribution in [0.15, 0.2) is 24.3 Å². The van der Waals surface area contributed by atoms with E-state index in [2.05, 4.69) is 19.2 Å². The second-order valence-corrected chi connectivity index (χ2v) is 5.60. The Kier molecular flexibility index (Phi) is 2.91. The summed E-state index contributed by atoms with van der Waals surface area (Å²) in [4.78, 5) is 12.2. The van der Waals surface area contributed by atoms with Crippen molar-refractivity contribution in [2.75, 3.05) is 0 Å². The lowest BCUT2D eigenvalue weighted by atomic mass is 10.1. The van der Waals surface area contributed by atoms with Crippen molar-refractivity contribution < 1.29 is 4.79 Å². The lowest BCUT2D eigenvalue weighted by molar-refractivity contribution is 0.0946. The molecular formula is C13H16N2OS. The number of benzene rings is 1. The van der Waals surface area contributed by atoms with Gasteiger partial charge in [-0.15, -0.1) is 0 Å². The topological polar surface area (TPSA) is 55.1 Å². The number of nitrogens with one attached hydrogen (secondary N) is 1. The van der Waals surface area contributed by atoms with Crippen molar-refractivity contribution in [2.45, 2.75) is 26.3 Å². The number of nitrogens with two attached hydrogens (primary N) is 1. The summed E-state index contributed by atoms with van der Waals surface area (Å²) in [5, 5.41) is 3.01. The molecule has 0 radical (unpaired) electrons. The molecule has 0 aliphatic heterocycles. The average molecular weight is 248 g/mol. The number of carbonyl (C=O) groups is 1. The van der Waals surface area contributed by atoms with Crippen LogP contribution in [-0.2, 0) is 0 Å². The molecule has 0 spiro atoms. The van der Waals surface area contributed by atoms with Crippen LogP contribution in [0.25, 0.3) is 0 Å². The standard InChI is InChI=1S/C13H16N2OS/c1-13(2)7-10(13)15-12(16)9-5-3-8(4-6-9)11(14)17/h3-6,10H,7H2,1-2H3,(H2,14,17)(H,15,16). The van der Waals surface area contributed by atoms with E-state index in [-0.39, 0.29) is 11.3 Å². The molecule has 1 aliphatic carbocycles. The first-order valence-corrected chi connectivity index (χ1v) is 6.02. The Hall–Kier alpha value is -1.42. The van der Waals surface area contributed by atoms with E-state index < -0.39 is 0 Å². The monoisotopic (exact) mass is 248 g/mol. The lowest BCUT2D eigenvalue weighted by Crippen LogP contribution is -2.28. The van der Waals surface area contributed by atoms with Crippen molar-refractivity contribution in [2.24, 2.45) is 11.1 Å². The molecule has 1 fully saturated rings. The van der Waals surface area contributed by atoms with Crippen LogP contribution in [0.3, 0.4) is 0 Å². The smallest absolute Gasteiger partial charge is 0.251 e. The van der Waals surface area contributed by atoms with Gasteiger partial charge in [0, 0.05) is 17.2 Å². The van der Waals surface area contributed by atoms with Crippen LogP contribution in [0.2, 0.25) is 0 Å². The maximum absolute atomic E-state index is 11.9. The van der Waals surface area contributed by atoms with Crippen molar-refractivity contribution in [3.8, 4) is 0 Å². The Morgan fingerprint density at radius 1 is 1.35 bits per heavy atom. The molecule has 0 heterocycles. The van der Waals surface area contributed by atoms with Gasteiger partial charge in [-0.25, -0.2) is 0 Å². The third-order valence-corrected chi connectivity index (χ3v) is 3.49. The first kappa shape index (κ1) is 12.0. The van der Waals surface area contributed by atoms with Crippen LogP contribution in [0.5, 0.6) is 0 Å². The molecule has 0 aromatic heterocycles. The summed E-state index contributed by atoms with van der Waals surface area (Å²) in [5.41, 5.74) is 7.17. The Labute approximate surface area is 106 Å². The second-order valence-electron chi connectivity index (χ2n) is 5.16. The molecule has 1 aromatic rings. The molecular weight excluding hydrogens is 232 g/mol. The Bertz CT molecular complexity index is 465. The van der Waals surface area contributed by atoms with E-state index in [0.717, 1.165) is 12.0 Å². The SMILES string of the molecule is CC1(C)CC1NC(=O)c1ccc(C(N)=S)cc1. The zero-order valence-electron chi connectivity index (χ0n) is 9.99. The number of amides is 1. The average Bonchev–Trinajstić information content (AvgIpc) is 2.86. The van der Waals surface area contributed by atoms with Gasteiger partial charge in [-0.3, -0.25) is 4.79 Å². The van der Waals surface area contributed by atoms with Gasteiger partial charge in [0.2, 0.25) is 0 Å². The van der Waals surface area contributed by atoms with E-state index in [9.17, 15) is 4.79 Å². The molecule has 1 unspecified atom stereocenters. The quantitative estimate of drug-likeness (QED) is 0.803. The number of rotatable bonds is 3. The number of hydrogen-bond acceptors (Lipinski definition) is 2. The molecule has 2 rings (SSSR count). The summed E-state index contributed by atoms with van der Waals surface area (Å²) < 4.78 is 0. The molecule has 17 heavy (non-hydrogen) atoms. The van der Waals surface area contributed by atoms with Crippen molar-refractivity contribution in [1.29, 1.82) is 0 Å². The Morgan fingerprint density at radius 3 is 2.24 bits per heavy atom. The largest absolute Gasteiger partial charge is 0.389 e. The minimum absolute atomic E-state index is 0.0323. The van der Waals surface area contributed by atoms with Crippen LogP contribution < -0.4 is 11.1 Å². The fourth-order valence-electron chi connectivity index (χ4n) is 1.74. The van der Waals surface area contributed by atoms with Gasteiger partial charge < -0.3 is 11.1 Å². The van der Waals surface area contributed by atoms with Crippen LogP contribution >= 0.6 is 12.2 Å². The Balaban J connectivity index is 2.02. The Morgan fingerprint density at radius 2 is 1.82 bits per heavy atom. The van der Waals surface area contributed by atoms with E-state index in [1.807, 2.05) is 0 Å². The minimum Gasteiger partial charge on any atom is -0.389 e. The van der Waals surface area contributed by atoms with Crippen molar-refractivity contribution in [1.82, 2.24) is 5.32 Å². The van der Waals surface area contributed by atoms with Crippen LogP contribution in [-0.4, -0.2) is 16.9 Å². The molecule has 1 atom stereocenters. The van der Waals surface area contributed by atoms with Crippen molar-refractivity contribution in [3.63, 3.8) is 0 Å². The zero-order chi connectivity index (χ0) is 12.6. The maximum atomic E-state index is 11.9. The highest BCUT2D eigenvalue weighted by Gasteiger charge is 2.46. The highest BCUT2D eigenvalue weighted by molar-refractivity contribution is 7.80. The van der Waals surface area contributed by atoms with Crippen LogP contribution in [0.1, 0.15) is 36.2 Å². The highest BCUT2D eigenvalue weighted by atomic mass is 32.1. The van der Waals surface area contributed by atoms with Gasteiger partial charge in [-0.05, 0) is 24.0 Å². The van der Waals surface area contributed by atoms with Crippen molar-refractivity contribution in [3.05, 3.63) is 35.4 Å². The molecule has 1 aliphatic rings. The third-order valence-electron chi connectivity index (χ3n) is 3.25.